The Bertz CT molecular complexity index is 746. The van der Waals surface area contributed by atoms with E-state index in [0.29, 0.717) is 5.02 Å². The van der Waals surface area contributed by atoms with E-state index >= 15 is 0 Å². The lowest BCUT2D eigenvalue weighted by Crippen LogP contribution is -2.53. The van der Waals surface area contributed by atoms with Crippen molar-refractivity contribution in [2.24, 2.45) is 0 Å². The average Bonchev–Trinajstić information content (AvgIpc) is 2.62. The molecule has 7 nitrogen and oxygen atoms in total. The summed E-state index contributed by atoms with van der Waals surface area (Å²) in [6, 6.07) is 4.49. The Kier molecular flexibility index (Phi) is 4.86. The van der Waals surface area contributed by atoms with Crippen molar-refractivity contribution in [2.75, 3.05) is 25.6 Å². The van der Waals surface area contributed by atoms with E-state index in [9.17, 15) is 21.9 Å². The topological polar surface area (TPSA) is 95.0 Å². The molecule has 1 N–H and O–H groups in total. The molecule has 2 rings (SSSR count). The molecule has 1 aliphatic heterocycles. The summed E-state index contributed by atoms with van der Waals surface area (Å²) in [7, 11) is -4.53. The van der Waals surface area contributed by atoms with Gasteiger partial charge in [0.1, 0.15) is 0 Å². The van der Waals surface area contributed by atoms with Gasteiger partial charge in [-0.2, -0.15) is 0 Å². The largest absolute Gasteiger partial charge is 0.390 e. The van der Waals surface area contributed by atoms with E-state index < -0.39 is 43.5 Å². The van der Waals surface area contributed by atoms with Crippen molar-refractivity contribution < 1.29 is 21.9 Å². The number of hydrazine groups is 1. The molecule has 1 aliphatic rings. The first-order valence-electron chi connectivity index (χ1n) is 6.40. The molecule has 0 bridgehead atoms. The maximum absolute atomic E-state index is 12.8. The zero-order chi connectivity index (χ0) is 16.7. The molecule has 0 amide bonds. The van der Waals surface area contributed by atoms with Crippen LogP contribution in [-0.4, -0.2) is 69.1 Å². The summed E-state index contributed by atoms with van der Waals surface area (Å²) in [5.74, 6) is -0.864. The number of aliphatic hydroxyl groups excluding tert-OH is 1. The van der Waals surface area contributed by atoms with Gasteiger partial charge in [-0.25, -0.2) is 21.8 Å². The van der Waals surface area contributed by atoms with Crippen LogP contribution in [0, 0.1) is 0 Å². The highest BCUT2D eigenvalue weighted by Crippen LogP contribution is 2.26. The number of aliphatic hydroxyl groups is 1. The summed E-state index contributed by atoms with van der Waals surface area (Å²) < 4.78 is 49.8. The van der Waals surface area contributed by atoms with Crippen molar-refractivity contribution in [1.82, 2.24) is 9.42 Å². The summed E-state index contributed by atoms with van der Waals surface area (Å²) >= 11 is 5.75. The second kappa shape index (κ2) is 6.06. The normalized spacial score (nSPS) is 25.0. The number of rotatable bonds is 4. The summed E-state index contributed by atoms with van der Waals surface area (Å²) in [5, 5.41) is 11.6. The molecule has 1 aromatic carbocycles. The summed E-state index contributed by atoms with van der Waals surface area (Å²) in [6.45, 7) is 0. The third-order valence-corrected chi connectivity index (χ3v) is 7.24. The molecule has 124 valence electrons. The molecule has 0 unspecified atom stereocenters. The van der Waals surface area contributed by atoms with E-state index in [4.69, 9.17) is 11.6 Å². The summed E-state index contributed by atoms with van der Waals surface area (Å²) in [6.07, 6.45) is -1.27. The van der Waals surface area contributed by atoms with Gasteiger partial charge in [-0.15, -0.1) is 4.41 Å². The van der Waals surface area contributed by atoms with Crippen molar-refractivity contribution >= 4 is 31.5 Å². The van der Waals surface area contributed by atoms with Crippen molar-refractivity contribution in [3.63, 3.8) is 0 Å². The van der Waals surface area contributed by atoms with Crippen LogP contribution < -0.4 is 0 Å². The molecule has 0 saturated carbocycles. The Morgan fingerprint density at radius 2 is 1.73 bits per heavy atom. The predicted octanol–water partition coefficient (Wildman–Crippen LogP) is -0.0348. The molecule has 0 aliphatic carbocycles. The fourth-order valence-electron chi connectivity index (χ4n) is 2.43. The molecule has 10 heteroatoms. The van der Waals surface area contributed by atoms with Gasteiger partial charge in [-0.3, -0.25) is 0 Å². The second-order valence-corrected chi connectivity index (χ2v) is 9.68. The van der Waals surface area contributed by atoms with E-state index in [0.717, 1.165) is 4.41 Å². The number of hydrogen-bond donors (Lipinski definition) is 1. The number of nitrogens with zero attached hydrogens (tertiary/aromatic N) is 2. The maximum atomic E-state index is 12.8. The van der Waals surface area contributed by atoms with Crippen molar-refractivity contribution in [3.8, 4) is 0 Å². The Labute approximate surface area is 135 Å². The molecule has 1 aromatic rings. The minimum atomic E-state index is -4.01. The molecule has 0 aromatic heterocycles. The van der Waals surface area contributed by atoms with Crippen molar-refractivity contribution in [3.05, 3.63) is 29.3 Å². The smallest absolute Gasteiger partial charge is 0.256 e. The van der Waals surface area contributed by atoms with E-state index in [-0.39, 0.29) is 4.90 Å². The molecular weight excluding hydrogens is 352 g/mol. The number of hydrogen-bond acceptors (Lipinski definition) is 6. The van der Waals surface area contributed by atoms with Crippen molar-refractivity contribution in [2.45, 2.75) is 17.0 Å². The minimum Gasteiger partial charge on any atom is -0.390 e. The van der Waals surface area contributed by atoms with E-state index in [1.807, 2.05) is 0 Å². The SMILES string of the molecule is CN(C)N([C@@H]1CS(=O)(=O)C[C@H]1O)S(=O)(=O)c1ccc(Cl)cc1. The van der Waals surface area contributed by atoms with Crippen LogP contribution in [0.25, 0.3) is 0 Å². The van der Waals surface area contributed by atoms with Crippen LogP contribution in [0.3, 0.4) is 0 Å². The van der Waals surface area contributed by atoms with Gasteiger partial charge >= 0.3 is 0 Å². The van der Waals surface area contributed by atoms with E-state index in [1.54, 1.807) is 0 Å². The third kappa shape index (κ3) is 3.44. The first-order chi connectivity index (χ1) is 10.0. The monoisotopic (exact) mass is 368 g/mol. The van der Waals surface area contributed by atoms with Crippen LogP contribution in [-0.2, 0) is 19.9 Å². The first-order valence-corrected chi connectivity index (χ1v) is 10.0. The zero-order valence-electron chi connectivity index (χ0n) is 12.0. The van der Waals surface area contributed by atoms with E-state index in [2.05, 4.69) is 0 Å². The summed E-state index contributed by atoms with van der Waals surface area (Å²) in [4.78, 5) is -0.0258. The number of sulfone groups is 1. The fraction of sp³-hybridized carbons (Fsp3) is 0.500. The van der Waals surface area contributed by atoms with Crippen LogP contribution in [0.5, 0.6) is 0 Å². The van der Waals surface area contributed by atoms with Crippen LogP contribution in [0.1, 0.15) is 0 Å². The van der Waals surface area contributed by atoms with Gasteiger partial charge < -0.3 is 5.11 Å². The predicted molar refractivity (Wildman–Crippen MR) is 82.6 cm³/mol. The Morgan fingerprint density at radius 1 is 1.18 bits per heavy atom. The number of sulfonamides is 1. The lowest BCUT2D eigenvalue weighted by atomic mass is 10.2. The van der Waals surface area contributed by atoms with Crippen LogP contribution in [0.4, 0.5) is 0 Å². The molecular formula is C12H17ClN2O5S2. The quantitative estimate of drug-likeness (QED) is 0.750. The fourth-order valence-corrected chi connectivity index (χ4v) is 6.11. The first kappa shape index (κ1) is 17.6. The highest BCUT2D eigenvalue weighted by Gasteiger charge is 2.46. The lowest BCUT2D eigenvalue weighted by molar-refractivity contribution is 0.0272. The zero-order valence-corrected chi connectivity index (χ0v) is 14.4. The maximum Gasteiger partial charge on any atom is 0.256 e. The molecule has 1 fully saturated rings. The highest BCUT2D eigenvalue weighted by atomic mass is 35.5. The Morgan fingerprint density at radius 3 is 2.14 bits per heavy atom. The van der Waals surface area contributed by atoms with Crippen molar-refractivity contribution in [1.29, 1.82) is 0 Å². The highest BCUT2D eigenvalue weighted by molar-refractivity contribution is 7.92. The van der Waals surface area contributed by atoms with Gasteiger partial charge in [0.05, 0.1) is 28.5 Å². The molecule has 1 saturated heterocycles. The molecule has 0 spiro atoms. The van der Waals surface area contributed by atoms with Crippen LogP contribution >= 0.6 is 11.6 Å². The molecule has 2 atom stereocenters. The van der Waals surface area contributed by atoms with Gasteiger partial charge in [0.25, 0.3) is 10.0 Å². The minimum absolute atomic E-state index is 0.0258. The number of benzene rings is 1. The molecule has 22 heavy (non-hydrogen) atoms. The van der Waals surface area contributed by atoms with Crippen LogP contribution in [0.2, 0.25) is 5.02 Å². The third-order valence-electron chi connectivity index (χ3n) is 3.33. The van der Waals surface area contributed by atoms with Gasteiger partial charge in [-0.05, 0) is 24.3 Å². The molecule has 0 radical (unpaired) electrons. The van der Waals surface area contributed by atoms with Gasteiger partial charge in [0.15, 0.2) is 9.84 Å². The second-order valence-electron chi connectivity index (χ2n) is 5.29. The summed E-state index contributed by atoms with van der Waals surface area (Å²) in [5.41, 5.74) is 0. The van der Waals surface area contributed by atoms with Gasteiger partial charge in [-0.1, -0.05) is 11.6 Å². The van der Waals surface area contributed by atoms with Gasteiger partial charge in [0.2, 0.25) is 0 Å². The lowest BCUT2D eigenvalue weighted by Gasteiger charge is -2.33. The Hall–Kier alpha value is -0.710. The molecule has 1 heterocycles. The van der Waals surface area contributed by atoms with Crippen LogP contribution in [0.15, 0.2) is 29.2 Å². The van der Waals surface area contributed by atoms with Gasteiger partial charge in [0, 0.05) is 19.1 Å². The van der Waals surface area contributed by atoms with E-state index in [1.165, 1.54) is 43.4 Å². The Balaban J connectivity index is 2.46. The number of halogens is 1. The standard InChI is InChI=1S/C12H17ClN2O5S2/c1-14(2)15(11-7-21(17,18)8-12(11)16)22(19,20)10-5-3-9(13)4-6-10/h3-6,11-12,16H,7-8H2,1-2H3/t11-,12-/m1/s1. The average molecular weight is 369 g/mol.